The van der Waals surface area contributed by atoms with Gasteiger partial charge < -0.3 is 15.4 Å². The summed E-state index contributed by atoms with van der Waals surface area (Å²) in [6.07, 6.45) is 2.46. The van der Waals surface area contributed by atoms with Crippen LogP contribution in [0.1, 0.15) is 25.6 Å². The van der Waals surface area contributed by atoms with Crippen LogP contribution in [-0.2, 0) is 0 Å². The van der Waals surface area contributed by atoms with Crippen molar-refractivity contribution in [3.05, 3.63) is 11.9 Å². The number of hydrogen-bond donors (Lipinski definition) is 2. The van der Waals surface area contributed by atoms with Gasteiger partial charge >= 0.3 is 0 Å². The van der Waals surface area contributed by atoms with Crippen molar-refractivity contribution in [2.75, 3.05) is 31.6 Å². The molecule has 2 N–H and O–H groups in total. The zero-order valence-electron chi connectivity index (χ0n) is 11.2. The first kappa shape index (κ1) is 13.1. The van der Waals surface area contributed by atoms with Crippen LogP contribution >= 0.6 is 0 Å². The van der Waals surface area contributed by atoms with E-state index in [2.05, 4.69) is 20.6 Å². The molecule has 1 aromatic rings. The van der Waals surface area contributed by atoms with Crippen LogP contribution in [-0.4, -0.2) is 36.2 Å². The fraction of sp³-hybridized carbons (Fsp3) is 0.692. The van der Waals surface area contributed by atoms with Gasteiger partial charge in [0.15, 0.2) is 0 Å². The highest BCUT2D eigenvalue weighted by Gasteiger charge is 2.13. The van der Waals surface area contributed by atoms with Gasteiger partial charge in [-0.2, -0.15) is 4.98 Å². The number of aromatic nitrogens is 2. The van der Waals surface area contributed by atoms with Gasteiger partial charge in [-0.1, -0.05) is 0 Å². The maximum absolute atomic E-state index is 5.42. The maximum Gasteiger partial charge on any atom is 0.218 e. The third kappa shape index (κ3) is 3.84. The van der Waals surface area contributed by atoms with Gasteiger partial charge in [0.25, 0.3) is 0 Å². The molecule has 2 heterocycles. The Kier molecular flexibility index (Phi) is 4.75. The van der Waals surface area contributed by atoms with Crippen molar-refractivity contribution in [1.82, 2.24) is 15.3 Å². The SMILES string of the molecule is CCOc1cc(NCC2CCNCC2)nc(C)n1. The Bertz CT molecular complexity index is 377. The van der Waals surface area contributed by atoms with Crippen LogP contribution in [0.15, 0.2) is 6.07 Å². The lowest BCUT2D eigenvalue weighted by Crippen LogP contribution is -2.31. The van der Waals surface area contributed by atoms with Gasteiger partial charge in [0, 0.05) is 12.6 Å². The van der Waals surface area contributed by atoms with Gasteiger partial charge in [0.2, 0.25) is 5.88 Å². The van der Waals surface area contributed by atoms with E-state index in [0.717, 1.165) is 37.2 Å². The molecule has 5 heteroatoms. The lowest BCUT2D eigenvalue weighted by Gasteiger charge is -2.23. The molecule has 1 aliphatic rings. The third-order valence-electron chi connectivity index (χ3n) is 3.14. The van der Waals surface area contributed by atoms with Crippen LogP contribution in [0, 0.1) is 12.8 Å². The van der Waals surface area contributed by atoms with Crippen LogP contribution in [0.5, 0.6) is 5.88 Å². The molecule has 0 radical (unpaired) electrons. The minimum Gasteiger partial charge on any atom is -0.478 e. The van der Waals surface area contributed by atoms with Crippen LogP contribution in [0.2, 0.25) is 0 Å². The Hall–Kier alpha value is -1.36. The lowest BCUT2D eigenvalue weighted by atomic mass is 9.98. The van der Waals surface area contributed by atoms with Crippen molar-refractivity contribution in [3.63, 3.8) is 0 Å². The van der Waals surface area contributed by atoms with Crippen LogP contribution < -0.4 is 15.4 Å². The molecule has 18 heavy (non-hydrogen) atoms. The van der Waals surface area contributed by atoms with E-state index < -0.39 is 0 Å². The van der Waals surface area contributed by atoms with Crippen LogP contribution in [0.25, 0.3) is 0 Å². The van der Waals surface area contributed by atoms with Gasteiger partial charge in [-0.25, -0.2) is 4.98 Å². The molecule has 1 aliphatic heterocycles. The molecule has 5 nitrogen and oxygen atoms in total. The summed E-state index contributed by atoms with van der Waals surface area (Å²) in [5, 5.41) is 6.77. The molecule has 1 saturated heterocycles. The molecule has 100 valence electrons. The first-order valence-electron chi connectivity index (χ1n) is 6.71. The smallest absolute Gasteiger partial charge is 0.218 e. The van der Waals surface area contributed by atoms with Gasteiger partial charge in [0.05, 0.1) is 6.61 Å². The van der Waals surface area contributed by atoms with Crippen LogP contribution in [0.4, 0.5) is 5.82 Å². The van der Waals surface area contributed by atoms with Crippen molar-refractivity contribution in [3.8, 4) is 5.88 Å². The monoisotopic (exact) mass is 250 g/mol. The molecule has 0 amide bonds. The highest BCUT2D eigenvalue weighted by molar-refractivity contribution is 5.38. The molecule has 0 aromatic carbocycles. The Morgan fingerprint density at radius 2 is 2.17 bits per heavy atom. The number of piperidine rings is 1. The highest BCUT2D eigenvalue weighted by atomic mass is 16.5. The second-order valence-electron chi connectivity index (χ2n) is 4.65. The van der Waals surface area contributed by atoms with Crippen molar-refractivity contribution in [2.45, 2.75) is 26.7 Å². The molecule has 0 spiro atoms. The molecular formula is C13H22N4O. The normalized spacial score (nSPS) is 16.6. The maximum atomic E-state index is 5.42. The van der Waals surface area contributed by atoms with E-state index in [9.17, 15) is 0 Å². The summed E-state index contributed by atoms with van der Waals surface area (Å²) in [5.41, 5.74) is 0. The standard InChI is InChI=1S/C13H22N4O/c1-3-18-13-8-12(16-10(2)17-13)15-9-11-4-6-14-7-5-11/h8,11,14H,3-7,9H2,1-2H3,(H,15,16,17). The Labute approximate surface area is 108 Å². The second-order valence-corrected chi connectivity index (χ2v) is 4.65. The molecule has 2 rings (SSSR count). The summed E-state index contributed by atoms with van der Waals surface area (Å²) in [6, 6.07) is 1.87. The summed E-state index contributed by atoms with van der Waals surface area (Å²) in [7, 11) is 0. The molecule has 0 unspecified atom stereocenters. The zero-order valence-corrected chi connectivity index (χ0v) is 11.2. The first-order chi connectivity index (χ1) is 8.78. The van der Waals surface area contributed by atoms with Crippen molar-refractivity contribution >= 4 is 5.82 Å². The number of anilines is 1. The number of nitrogens with zero attached hydrogens (tertiary/aromatic N) is 2. The average molecular weight is 250 g/mol. The molecule has 0 atom stereocenters. The predicted octanol–water partition coefficient (Wildman–Crippen LogP) is 1.60. The van der Waals surface area contributed by atoms with E-state index in [4.69, 9.17) is 4.74 Å². The quantitative estimate of drug-likeness (QED) is 0.831. The molecule has 0 bridgehead atoms. The zero-order chi connectivity index (χ0) is 12.8. The molecule has 0 aliphatic carbocycles. The van der Waals surface area contributed by atoms with E-state index >= 15 is 0 Å². The molecule has 1 aromatic heterocycles. The Balaban J connectivity index is 1.91. The van der Waals surface area contributed by atoms with E-state index in [1.54, 1.807) is 0 Å². The summed E-state index contributed by atoms with van der Waals surface area (Å²) in [5.74, 6) is 2.99. The van der Waals surface area contributed by atoms with Gasteiger partial charge in [-0.05, 0) is 45.7 Å². The van der Waals surface area contributed by atoms with E-state index in [-0.39, 0.29) is 0 Å². The van der Waals surface area contributed by atoms with Crippen LogP contribution in [0.3, 0.4) is 0 Å². The van der Waals surface area contributed by atoms with Crippen molar-refractivity contribution in [2.24, 2.45) is 5.92 Å². The van der Waals surface area contributed by atoms with E-state index in [1.807, 2.05) is 19.9 Å². The number of hydrogen-bond acceptors (Lipinski definition) is 5. The fourth-order valence-corrected chi connectivity index (χ4v) is 2.19. The minimum atomic E-state index is 0.629. The minimum absolute atomic E-state index is 0.629. The largest absolute Gasteiger partial charge is 0.478 e. The molecular weight excluding hydrogens is 228 g/mol. The van der Waals surface area contributed by atoms with Gasteiger partial charge in [0.1, 0.15) is 11.6 Å². The van der Waals surface area contributed by atoms with E-state index in [1.165, 1.54) is 12.8 Å². The molecule has 1 fully saturated rings. The molecule has 0 saturated carbocycles. The number of rotatable bonds is 5. The van der Waals surface area contributed by atoms with Crippen molar-refractivity contribution < 1.29 is 4.74 Å². The second kappa shape index (κ2) is 6.54. The lowest BCUT2D eigenvalue weighted by molar-refractivity contribution is 0.325. The predicted molar refractivity (Wildman–Crippen MR) is 72.0 cm³/mol. The fourth-order valence-electron chi connectivity index (χ4n) is 2.19. The van der Waals surface area contributed by atoms with Crippen molar-refractivity contribution in [1.29, 1.82) is 0 Å². The van der Waals surface area contributed by atoms with E-state index in [0.29, 0.717) is 12.5 Å². The topological polar surface area (TPSA) is 59.1 Å². The summed E-state index contributed by atoms with van der Waals surface area (Å²) < 4.78 is 5.42. The van der Waals surface area contributed by atoms with Gasteiger partial charge in [-0.3, -0.25) is 0 Å². The number of nitrogens with one attached hydrogen (secondary N) is 2. The summed E-state index contributed by atoms with van der Waals surface area (Å²) in [4.78, 5) is 8.62. The Morgan fingerprint density at radius 1 is 1.39 bits per heavy atom. The number of aryl methyl sites for hydroxylation is 1. The Morgan fingerprint density at radius 3 is 2.89 bits per heavy atom. The third-order valence-corrected chi connectivity index (χ3v) is 3.14. The average Bonchev–Trinajstić information content (AvgIpc) is 2.37. The highest BCUT2D eigenvalue weighted by Crippen LogP contribution is 2.16. The first-order valence-corrected chi connectivity index (χ1v) is 6.71. The summed E-state index contributed by atoms with van der Waals surface area (Å²) in [6.45, 7) is 7.70. The van der Waals surface area contributed by atoms with Gasteiger partial charge in [-0.15, -0.1) is 0 Å². The summed E-state index contributed by atoms with van der Waals surface area (Å²) >= 11 is 0. The number of ether oxygens (including phenoxy) is 1.